The van der Waals surface area contributed by atoms with Crippen molar-refractivity contribution in [3.63, 3.8) is 0 Å². The molecular formula is C15H23NO4. The number of esters is 1. The largest absolute Gasteiger partial charge is 0.494 e. The van der Waals surface area contributed by atoms with E-state index in [9.17, 15) is 4.79 Å². The molecule has 20 heavy (non-hydrogen) atoms. The van der Waals surface area contributed by atoms with Crippen LogP contribution in [-0.4, -0.2) is 38.4 Å². The Bertz CT molecular complexity index is 418. The van der Waals surface area contributed by atoms with E-state index in [0.717, 1.165) is 5.75 Å². The predicted molar refractivity (Wildman–Crippen MR) is 77.2 cm³/mol. The molecule has 0 radical (unpaired) electrons. The van der Waals surface area contributed by atoms with Crippen LogP contribution in [0.15, 0.2) is 24.3 Å². The van der Waals surface area contributed by atoms with Gasteiger partial charge in [-0.05, 0) is 52.1 Å². The van der Waals surface area contributed by atoms with Crippen molar-refractivity contribution in [2.75, 3.05) is 26.9 Å². The van der Waals surface area contributed by atoms with Crippen LogP contribution >= 0.6 is 0 Å². The average Bonchev–Trinajstić information content (AvgIpc) is 2.47. The zero-order valence-electron chi connectivity index (χ0n) is 12.6. The molecule has 0 bridgehead atoms. The predicted octanol–water partition coefficient (Wildman–Crippen LogP) is 2.01. The Morgan fingerprint density at radius 3 is 2.10 bits per heavy atom. The molecule has 0 saturated heterocycles. The van der Waals surface area contributed by atoms with Gasteiger partial charge < -0.3 is 19.5 Å². The Morgan fingerprint density at radius 2 is 1.65 bits per heavy atom. The molecule has 5 nitrogen and oxygen atoms in total. The number of likely N-dealkylation sites (N-methyl/N-ethyl adjacent to an activating group) is 1. The second kappa shape index (κ2) is 7.75. The molecule has 1 atom stereocenters. The van der Waals surface area contributed by atoms with Gasteiger partial charge >= 0.3 is 5.97 Å². The number of rotatable bonds is 8. The highest BCUT2D eigenvalue weighted by molar-refractivity contribution is 5.80. The maximum Gasteiger partial charge on any atom is 0.329 e. The number of benzene rings is 1. The minimum atomic E-state index is -0.866. The van der Waals surface area contributed by atoms with Crippen LogP contribution in [0.2, 0.25) is 0 Å². The van der Waals surface area contributed by atoms with Crippen molar-refractivity contribution in [3.8, 4) is 11.5 Å². The highest BCUT2D eigenvalue weighted by Crippen LogP contribution is 2.19. The molecule has 0 aliphatic heterocycles. The average molecular weight is 281 g/mol. The molecule has 5 heteroatoms. The first-order valence-corrected chi connectivity index (χ1v) is 6.77. The van der Waals surface area contributed by atoms with Crippen molar-refractivity contribution in [3.05, 3.63) is 24.3 Å². The molecule has 0 aliphatic rings. The lowest BCUT2D eigenvalue weighted by Gasteiger charge is -2.26. The first-order chi connectivity index (χ1) is 9.55. The SMILES string of the molecule is CCOC(=O)C(C)(COc1ccc(OCC)cc1)NC. The summed E-state index contributed by atoms with van der Waals surface area (Å²) >= 11 is 0. The summed E-state index contributed by atoms with van der Waals surface area (Å²) in [7, 11) is 1.71. The van der Waals surface area contributed by atoms with Gasteiger partial charge in [0.05, 0.1) is 13.2 Å². The lowest BCUT2D eigenvalue weighted by atomic mass is 10.1. The van der Waals surface area contributed by atoms with Crippen molar-refractivity contribution in [1.29, 1.82) is 0 Å². The van der Waals surface area contributed by atoms with E-state index >= 15 is 0 Å². The van der Waals surface area contributed by atoms with E-state index in [-0.39, 0.29) is 12.6 Å². The lowest BCUT2D eigenvalue weighted by Crippen LogP contribution is -2.53. The van der Waals surface area contributed by atoms with Crippen LogP contribution in [0.4, 0.5) is 0 Å². The molecule has 0 spiro atoms. The highest BCUT2D eigenvalue weighted by Gasteiger charge is 2.34. The third-order valence-electron chi connectivity index (χ3n) is 2.94. The third-order valence-corrected chi connectivity index (χ3v) is 2.94. The quantitative estimate of drug-likeness (QED) is 0.739. The Labute approximate surface area is 120 Å². The van der Waals surface area contributed by atoms with Crippen LogP contribution in [-0.2, 0) is 9.53 Å². The normalized spacial score (nSPS) is 13.4. The van der Waals surface area contributed by atoms with Gasteiger partial charge in [0.1, 0.15) is 23.6 Å². The van der Waals surface area contributed by atoms with Crippen LogP contribution in [0.25, 0.3) is 0 Å². The van der Waals surface area contributed by atoms with E-state index in [1.807, 2.05) is 31.2 Å². The fourth-order valence-electron chi connectivity index (χ4n) is 1.55. The fraction of sp³-hybridized carbons (Fsp3) is 0.533. The Kier molecular flexibility index (Phi) is 6.31. The zero-order chi connectivity index (χ0) is 15.0. The molecule has 112 valence electrons. The third kappa shape index (κ3) is 4.42. The molecule has 0 amide bonds. The zero-order valence-corrected chi connectivity index (χ0v) is 12.6. The van der Waals surface area contributed by atoms with Gasteiger partial charge in [-0.1, -0.05) is 0 Å². The number of hydrogen-bond acceptors (Lipinski definition) is 5. The topological polar surface area (TPSA) is 56.8 Å². The van der Waals surface area contributed by atoms with Gasteiger partial charge in [0.25, 0.3) is 0 Å². The number of ether oxygens (including phenoxy) is 3. The molecule has 0 aliphatic carbocycles. The van der Waals surface area contributed by atoms with E-state index in [4.69, 9.17) is 14.2 Å². The standard InChI is InChI=1S/C15H23NO4/c1-5-18-12-7-9-13(10-8-12)20-11-15(3,16-4)14(17)19-6-2/h7-10,16H,5-6,11H2,1-4H3. The van der Waals surface area contributed by atoms with Crippen LogP contribution < -0.4 is 14.8 Å². The number of hydrogen-bond donors (Lipinski definition) is 1. The van der Waals surface area contributed by atoms with Crippen molar-refractivity contribution >= 4 is 5.97 Å². The van der Waals surface area contributed by atoms with Gasteiger partial charge in [0.15, 0.2) is 0 Å². The maximum absolute atomic E-state index is 11.9. The Balaban J connectivity index is 2.61. The first kappa shape index (κ1) is 16.3. The number of carbonyl (C=O) groups excluding carboxylic acids is 1. The monoisotopic (exact) mass is 281 g/mol. The van der Waals surface area contributed by atoms with Crippen molar-refractivity contribution in [1.82, 2.24) is 5.32 Å². The van der Waals surface area contributed by atoms with Gasteiger partial charge in [-0.3, -0.25) is 0 Å². The van der Waals surface area contributed by atoms with E-state index < -0.39 is 5.54 Å². The van der Waals surface area contributed by atoms with E-state index in [1.54, 1.807) is 20.9 Å². The number of nitrogens with one attached hydrogen (secondary N) is 1. The molecule has 1 unspecified atom stereocenters. The molecule has 1 aromatic rings. The summed E-state index contributed by atoms with van der Waals surface area (Å²) in [5.74, 6) is 1.15. The molecule has 0 aromatic heterocycles. The molecule has 0 saturated carbocycles. The van der Waals surface area contributed by atoms with Gasteiger partial charge in [-0.25, -0.2) is 4.79 Å². The van der Waals surface area contributed by atoms with E-state index in [2.05, 4.69) is 5.32 Å². The minimum absolute atomic E-state index is 0.191. The smallest absolute Gasteiger partial charge is 0.329 e. The summed E-state index contributed by atoms with van der Waals surface area (Å²) in [6, 6.07) is 7.29. The molecule has 0 fully saturated rings. The molecule has 0 heterocycles. The lowest BCUT2D eigenvalue weighted by molar-refractivity contribution is -0.151. The summed E-state index contributed by atoms with van der Waals surface area (Å²) in [4.78, 5) is 11.9. The minimum Gasteiger partial charge on any atom is -0.494 e. The Hall–Kier alpha value is -1.75. The molecular weight excluding hydrogens is 258 g/mol. The van der Waals surface area contributed by atoms with Gasteiger partial charge in [-0.2, -0.15) is 0 Å². The summed E-state index contributed by atoms with van der Waals surface area (Å²) in [6.07, 6.45) is 0. The van der Waals surface area contributed by atoms with Crippen LogP contribution in [0.5, 0.6) is 11.5 Å². The number of carbonyl (C=O) groups is 1. The van der Waals surface area contributed by atoms with Gasteiger partial charge in [-0.15, -0.1) is 0 Å². The highest BCUT2D eigenvalue weighted by atomic mass is 16.5. The van der Waals surface area contributed by atoms with Crippen molar-refractivity contribution in [2.45, 2.75) is 26.3 Å². The summed E-state index contributed by atoms with van der Waals surface area (Å²) in [5, 5.41) is 2.94. The molecule has 1 N–H and O–H groups in total. The summed E-state index contributed by atoms with van der Waals surface area (Å²) in [5.41, 5.74) is -0.866. The van der Waals surface area contributed by atoms with Crippen molar-refractivity contribution < 1.29 is 19.0 Å². The van der Waals surface area contributed by atoms with Crippen LogP contribution in [0.3, 0.4) is 0 Å². The second-order valence-corrected chi connectivity index (χ2v) is 4.50. The second-order valence-electron chi connectivity index (χ2n) is 4.50. The van der Waals surface area contributed by atoms with E-state index in [1.165, 1.54) is 0 Å². The van der Waals surface area contributed by atoms with Crippen LogP contribution in [0, 0.1) is 0 Å². The van der Waals surface area contributed by atoms with Gasteiger partial charge in [0.2, 0.25) is 0 Å². The maximum atomic E-state index is 11.9. The van der Waals surface area contributed by atoms with E-state index in [0.29, 0.717) is 19.0 Å². The summed E-state index contributed by atoms with van der Waals surface area (Å²) < 4.78 is 16.0. The van der Waals surface area contributed by atoms with Gasteiger partial charge in [0, 0.05) is 0 Å². The van der Waals surface area contributed by atoms with Crippen molar-refractivity contribution in [2.24, 2.45) is 0 Å². The fourth-order valence-corrected chi connectivity index (χ4v) is 1.55. The Morgan fingerprint density at radius 1 is 1.10 bits per heavy atom. The first-order valence-electron chi connectivity index (χ1n) is 6.77. The van der Waals surface area contributed by atoms with Crippen LogP contribution in [0.1, 0.15) is 20.8 Å². The molecule has 1 rings (SSSR count). The molecule has 1 aromatic carbocycles. The summed E-state index contributed by atoms with van der Waals surface area (Å²) in [6.45, 7) is 6.62.